The van der Waals surface area contributed by atoms with Crippen LogP contribution in [0.5, 0.6) is 0 Å². The molecule has 1 aromatic rings. The van der Waals surface area contributed by atoms with Gasteiger partial charge in [-0.1, -0.05) is 15.9 Å². The predicted octanol–water partition coefficient (Wildman–Crippen LogP) is 1.65. The summed E-state index contributed by atoms with van der Waals surface area (Å²) >= 11 is 3.39. The maximum absolute atomic E-state index is 11.2. The number of benzene rings is 1. The highest BCUT2D eigenvalue weighted by Gasteiger charge is 2.24. The number of halogens is 1. The molecule has 1 aliphatic heterocycles. The van der Waals surface area contributed by atoms with Gasteiger partial charge in [-0.3, -0.25) is 0 Å². The van der Waals surface area contributed by atoms with Crippen molar-refractivity contribution in [2.45, 2.75) is 13.0 Å². The monoisotopic (exact) mass is 256 g/mol. The van der Waals surface area contributed by atoms with E-state index in [9.17, 15) is 4.79 Å². The average molecular weight is 257 g/mol. The first kappa shape index (κ1) is 9.68. The van der Waals surface area contributed by atoms with Gasteiger partial charge in [-0.25, -0.2) is 4.79 Å². The number of hydrogen-bond acceptors (Lipinski definition) is 3. The second-order valence-corrected chi connectivity index (χ2v) is 3.96. The Morgan fingerprint density at radius 2 is 2.29 bits per heavy atom. The molecule has 0 atom stereocenters. The van der Waals surface area contributed by atoms with E-state index < -0.39 is 0 Å². The Morgan fingerprint density at radius 3 is 3.00 bits per heavy atom. The van der Waals surface area contributed by atoms with Gasteiger partial charge in [0.15, 0.2) is 0 Å². The number of aliphatic hydroxyl groups is 1. The van der Waals surface area contributed by atoms with E-state index in [-0.39, 0.29) is 12.6 Å². The van der Waals surface area contributed by atoms with Gasteiger partial charge in [-0.2, -0.15) is 0 Å². The van der Waals surface area contributed by atoms with Crippen LogP contribution in [-0.4, -0.2) is 17.7 Å². The first-order valence-electron chi connectivity index (χ1n) is 4.32. The first-order chi connectivity index (χ1) is 6.74. The van der Waals surface area contributed by atoms with Crippen LogP contribution in [0.3, 0.4) is 0 Å². The summed E-state index contributed by atoms with van der Waals surface area (Å²) in [5, 5.41) is 8.89. The van der Waals surface area contributed by atoms with Gasteiger partial charge in [-0.15, -0.1) is 0 Å². The lowest BCUT2D eigenvalue weighted by Crippen LogP contribution is -1.99. The van der Waals surface area contributed by atoms with Crippen LogP contribution in [0.25, 0.3) is 0 Å². The minimum absolute atomic E-state index is 0.0727. The molecule has 0 amide bonds. The molecule has 0 saturated carbocycles. The zero-order valence-corrected chi connectivity index (χ0v) is 9.00. The molecule has 0 spiro atoms. The summed E-state index contributed by atoms with van der Waals surface area (Å²) in [6.07, 6.45) is 0.542. The molecule has 0 aliphatic carbocycles. The van der Waals surface area contributed by atoms with Gasteiger partial charge < -0.3 is 9.84 Å². The number of rotatable bonds is 2. The minimum atomic E-state index is -0.272. The summed E-state index contributed by atoms with van der Waals surface area (Å²) in [5.41, 5.74) is 2.49. The maximum Gasteiger partial charge on any atom is 0.338 e. The number of aliphatic hydroxyl groups excluding tert-OH is 1. The van der Waals surface area contributed by atoms with E-state index in [1.165, 1.54) is 0 Å². The lowest BCUT2D eigenvalue weighted by Gasteiger charge is -2.06. The lowest BCUT2D eigenvalue weighted by molar-refractivity contribution is 0.0535. The molecule has 0 saturated heterocycles. The van der Waals surface area contributed by atoms with Gasteiger partial charge in [-0.05, 0) is 24.1 Å². The fraction of sp³-hybridized carbons (Fsp3) is 0.300. The lowest BCUT2D eigenvalue weighted by atomic mass is 10.0. The Bertz CT molecular complexity index is 387. The van der Waals surface area contributed by atoms with E-state index >= 15 is 0 Å². The molecule has 1 aliphatic rings. The van der Waals surface area contributed by atoms with Crippen molar-refractivity contribution in [3.05, 3.63) is 33.3 Å². The quantitative estimate of drug-likeness (QED) is 0.819. The zero-order valence-electron chi connectivity index (χ0n) is 7.42. The molecule has 0 unspecified atom stereocenters. The van der Waals surface area contributed by atoms with Crippen molar-refractivity contribution in [1.82, 2.24) is 0 Å². The second kappa shape index (κ2) is 3.71. The van der Waals surface area contributed by atoms with Crippen molar-refractivity contribution >= 4 is 21.9 Å². The van der Waals surface area contributed by atoms with E-state index in [0.29, 0.717) is 18.6 Å². The highest BCUT2D eigenvalue weighted by atomic mass is 79.9. The molecule has 1 N–H and O–H groups in total. The third-order valence-corrected chi connectivity index (χ3v) is 3.05. The van der Waals surface area contributed by atoms with Crippen LogP contribution in [0.1, 0.15) is 21.5 Å². The average Bonchev–Trinajstić information content (AvgIpc) is 2.53. The Morgan fingerprint density at radius 1 is 1.50 bits per heavy atom. The molecule has 1 heterocycles. The summed E-state index contributed by atoms with van der Waals surface area (Å²) in [6.45, 7) is 0.395. The molecule has 74 valence electrons. The molecular weight excluding hydrogens is 248 g/mol. The molecular formula is C10H9BrO3. The smallest absolute Gasteiger partial charge is 0.338 e. The van der Waals surface area contributed by atoms with E-state index in [1.54, 1.807) is 6.07 Å². The highest BCUT2D eigenvalue weighted by molar-refractivity contribution is 9.10. The molecule has 0 aromatic heterocycles. The summed E-state index contributed by atoms with van der Waals surface area (Å²) in [6, 6.07) is 3.56. The number of hydrogen-bond donors (Lipinski definition) is 1. The zero-order chi connectivity index (χ0) is 10.1. The van der Waals surface area contributed by atoms with Crippen LogP contribution in [0.4, 0.5) is 0 Å². The van der Waals surface area contributed by atoms with Gasteiger partial charge in [0.2, 0.25) is 0 Å². The van der Waals surface area contributed by atoms with Gasteiger partial charge >= 0.3 is 5.97 Å². The number of cyclic esters (lactones) is 1. The van der Waals surface area contributed by atoms with Crippen LogP contribution >= 0.6 is 15.9 Å². The first-order valence-corrected chi connectivity index (χ1v) is 5.11. The summed E-state index contributed by atoms with van der Waals surface area (Å²) in [5.74, 6) is -0.272. The van der Waals surface area contributed by atoms with Gasteiger partial charge in [0.1, 0.15) is 6.61 Å². The van der Waals surface area contributed by atoms with Crippen molar-refractivity contribution < 1.29 is 14.6 Å². The Hall–Kier alpha value is -0.870. The van der Waals surface area contributed by atoms with Crippen LogP contribution in [0.2, 0.25) is 0 Å². The molecule has 14 heavy (non-hydrogen) atoms. The Balaban J connectivity index is 2.53. The van der Waals surface area contributed by atoms with Crippen LogP contribution in [0.15, 0.2) is 16.6 Å². The summed E-state index contributed by atoms with van der Waals surface area (Å²) in [7, 11) is 0. The van der Waals surface area contributed by atoms with E-state index in [1.807, 2.05) is 6.07 Å². The Kier molecular flexibility index (Phi) is 2.56. The predicted molar refractivity (Wildman–Crippen MR) is 54.1 cm³/mol. The number of ether oxygens (including phenoxy) is 1. The van der Waals surface area contributed by atoms with Crippen molar-refractivity contribution in [2.24, 2.45) is 0 Å². The van der Waals surface area contributed by atoms with Gasteiger partial charge in [0.05, 0.1) is 5.56 Å². The maximum atomic E-state index is 11.2. The molecule has 0 fully saturated rings. The summed E-state index contributed by atoms with van der Waals surface area (Å²) < 4.78 is 5.84. The fourth-order valence-corrected chi connectivity index (χ4v) is 2.19. The molecule has 0 radical (unpaired) electrons. The van der Waals surface area contributed by atoms with Gasteiger partial charge in [0, 0.05) is 16.6 Å². The topological polar surface area (TPSA) is 46.5 Å². The molecule has 2 rings (SSSR count). The molecule has 0 bridgehead atoms. The number of esters is 1. The van der Waals surface area contributed by atoms with Gasteiger partial charge in [0.25, 0.3) is 0 Å². The normalized spacial score (nSPS) is 14.0. The second-order valence-electron chi connectivity index (χ2n) is 3.10. The molecule has 4 heteroatoms. The fourth-order valence-electron chi connectivity index (χ4n) is 1.62. The molecule has 3 nitrogen and oxygen atoms in total. The third-order valence-electron chi connectivity index (χ3n) is 2.30. The van der Waals surface area contributed by atoms with Crippen molar-refractivity contribution in [3.8, 4) is 0 Å². The van der Waals surface area contributed by atoms with E-state index in [0.717, 1.165) is 15.6 Å². The largest absolute Gasteiger partial charge is 0.457 e. The van der Waals surface area contributed by atoms with Crippen molar-refractivity contribution in [3.63, 3.8) is 0 Å². The van der Waals surface area contributed by atoms with Crippen LogP contribution in [0, 0.1) is 0 Å². The SMILES string of the molecule is O=C1OCc2c1ccc(Br)c2CCO. The number of fused-ring (bicyclic) bond motifs is 1. The highest BCUT2D eigenvalue weighted by Crippen LogP contribution is 2.29. The summed E-state index contributed by atoms with van der Waals surface area (Å²) in [4.78, 5) is 11.2. The van der Waals surface area contributed by atoms with E-state index in [4.69, 9.17) is 9.84 Å². The van der Waals surface area contributed by atoms with Crippen LogP contribution < -0.4 is 0 Å². The van der Waals surface area contributed by atoms with E-state index in [2.05, 4.69) is 15.9 Å². The minimum Gasteiger partial charge on any atom is -0.457 e. The Labute approximate surface area is 89.8 Å². The van der Waals surface area contributed by atoms with Crippen molar-refractivity contribution in [2.75, 3.05) is 6.61 Å². The number of carbonyl (C=O) groups excluding carboxylic acids is 1. The molecule has 1 aromatic carbocycles. The number of carbonyl (C=O) groups is 1. The van der Waals surface area contributed by atoms with Crippen LogP contribution in [-0.2, 0) is 17.8 Å². The third kappa shape index (κ3) is 1.44. The standard InChI is InChI=1S/C10H9BrO3/c11-9-2-1-7-8(5-14-10(7)13)6(9)3-4-12/h1-2,12H,3-5H2. The van der Waals surface area contributed by atoms with Crippen molar-refractivity contribution in [1.29, 1.82) is 0 Å².